The average Bonchev–Trinajstić information content (AvgIpc) is 2.37. The summed E-state index contributed by atoms with van der Waals surface area (Å²) >= 11 is 3.56. The number of rotatable bonds is 3. The zero-order valence-corrected chi connectivity index (χ0v) is 13.6. The van der Waals surface area contributed by atoms with E-state index in [-0.39, 0.29) is 5.54 Å². The van der Waals surface area contributed by atoms with Gasteiger partial charge in [0.25, 0.3) is 0 Å². The van der Waals surface area contributed by atoms with Gasteiger partial charge in [-0.15, -0.1) is 0 Å². The third kappa shape index (κ3) is 4.14. The number of hydrogen-bond acceptors (Lipinski definition) is 4. The van der Waals surface area contributed by atoms with Crippen LogP contribution in [0.25, 0.3) is 0 Å². The molecule has 2 rings (SSSR count). The minimum Gasteiger partial charge on any atom is -0.351 e. The first-order chi connectivity index (χ1) is 8.97. The lowest BCUT2D eigenvalue weighted by Crippen LogP contribution is -2.50. The van der Waals surface area contributed by atoms with Crippen LogP contribution in [0.5, 0.6) is 0 Å². The van der Waals surface area contributed by atoms with Crippen LogP contribution >= 0.6 is 15.9 Å². The van der Waals surface area contributed by atoms with Gasteiger partial charge < -0.3 is 10.2 Å². The number of nitrogens with zero attached hydrogens (tertiary/aromatic N) is 3. The van der Waals surface area contributed by atoms with E-state index in [2.05, 4.69) is 56.9 Å². The van der Waals surface area contributed by atoms with Crippen molar-refractivity contribution < 1.29 is 0 Å². The number of hydrogen-bond donors (Lipinski definition) is 1. The molecule has 106 valence electrons. The van der Waals surface area contributed by atoms with Crippen LogP contribution in [-0.2, 0) is 0 Å². The Morgan fingerprint density at radius 2 is 2.21 bits per heavy atom. The fourth-order valence-corrected chi connectivity index (χ4v) is 2.88. The van der Waals surface area contributed by atoms with E-state index in [1.807, 2.05) is 6.20 Å². The van der Waals surface area contributed by atoms with Crippen LogP contribution in [0.15, 0.2) is 17.0 Å². The van der Waals surface area contributed by atoms with Crippen LogP contribution in [0.4, 0.5) is 5.82 Å². The molecule has 0 saturated carbocycles. The molecule has 1 fully saturated rings. The molecule has 4 nitrogen and oxygen atoms in total. The van der Waals surface area contributed by atoms with Crippen molar-refractivity contribution in [2.45, 2.75) is 51.6 Å². The van der Waals surface area contributed by atoms with Crippen LogP contribution in [-0.4, -0.2) is 34.6 Å². The highest BCUT2D eigenvalue weighted by atomic mass is 79.9. The van der Waals surface area contributed by atoms with Crippen molar-refractivity contribution in [3.63, 3.8) is 0 Å². The molecule has 1 aromatic heterocycles. The monoisotopic (exact) mass is 326 g/mol. The molecule has 1 N–H and O–H groups in total. The van der Waals surface area contributed by atoms with Crippen molar-refractivity contribution in [1.82, 2.24) is 15.3 Å². The van der Waals surface area contributed by atoms with Gasteiger partial charge in [-0.05, 0) is 56.0 Å². The van der Waals surface area contributed by atoms with Crippen LogP contribution in [0, 0.1) is 0 Å². The van der Waals surface area contributed by atoms with Crippen LogP contribution in [0.3, 0.4) is 0 Å². The number of halogens is 1. The van der Waals surface area contributed by atoms with Gasteiger partial charge >= 0.3 is 0 Å². The number of aromatic nitrogens is 2. The first-order valence-corrected chi connectivity index (χ1v) is 7.74. The second-order valence-corrected chi connectivity index (χ2v) is 7.02. The molecule has 19 heavy (non-hydrogen) atoms. The quantitative estimate of drug-likeness (QED) is 0.927. The predicted octanol–water partition coefficient (Wildman–Crippen LogP) is 2.99. The SMILES string of the molecule is CC(C)(C)NCC1CCCCN1c1ncncc1Br. The lowest BCUT2D eigenvalue weighted by Gasteiger charge is -2.38. The molecule has 2 heterocycles. The molecule has 0 bridgehead atoms. The van der Waals surface area contributed by atoms with E-state index in [9.17, 15) is 0 Å². The highest BCUT2D eigenvalue weighted by Gasteiger charge is 2.26. The van der Waals surface area contributed by atoms with Gasteiger partial charge in [0.05, 0.1) is 4.47 Å². The van der Waals surface area contributed by atoms with Gasteiger partial charge in [0.15, 0.2) is 0 Å². The van der Waals surface area contributed by atoms with E-state index in [1.54, 1.807) is 6.33 Å². The van der Waals surface area contributed by atoms with E-state index in [4.69, 9.17) is 0 Å². The zero-order valence-electron chi connectivity index (χ0n) is 12.0. The van der Waals surface area contributed by atoms with Crippen molar-refractivity contribution >= 4 is 21.7 Å². The van der Waals surface area contributed by atoms with Crippen molar-refractivity contribution in [2.75, 3.05) is 18.0 Å². The average molecular weight is 327 g/mol. The summed E-state index contributed by atoms with van der Waals surface area (Å²) in [5.74, 6) is 1.02. The Balaban J connectivity index is 2.10. The van der Waals surface area contributed by atoms with Gasteiger partial charge in [0.1, 0.15) is 12.1 Å². The Labute approximate surface area is 124 Å². The lowest BCUT2D eigenvalue weighted by atomic mass is 10.0. The van der Waals surface area contributed by atoms with Gasteiger partial charge in [-0.3, -0.25) is 0 Å². The van der Waals surface area contributed by atoms with Crippen molar-refractivity contribution in [1.29, 1.82) is 0 Å². The summed E-state index contributed by atoms with van der Waals surface area (Å²) < 4.78 is 0.984. The molecule has 0 radical (unpaired) electrons. The summed E-state index contributed by atoms with van der Waals surface area (Å²) in [6.45, 7) is 8.70. The van der Waals surface area contributed by atoms with E-state index in [0.717, 1.165) is 23.4 Å². The Morgan fingerprint density at radius 3 is 2.89 bits per heavy atom. The van der Waals surface area contributed by atoms with Gasteiger partial charge in [0, 0.05) is 30.9 Å². The van der Waals surface area contributed by atoms with Crippen LogP contribution in [0.1, 0.15) is 40.0 Å². The van der Waals surface area contributed by atoms with Crippen molar-refractivity contribution in [3.05, 3.63) is 17.0 Å². The first-order valence-electron chi connectivity index (χ1n) is 6.94. The standard InChI is InChI=1S/C14H23BrN4/c1-14(2,3)18-8-11-6-4-5-7-19(11)13-12(15)9-16-10-17-13/h9-11,18H,4-8H2,1-3H3. The molecule has 1 aromatic rings. The molecule has 0 aliphatic carbocycles. The summed E-state index contributed by atoms with van der Waals surface area (Å²) in [5.41, 5.74) is 0.159. The zero-order chi connectivity index (χ0) is 13.9. The predicted molar refractivity (Wildman–Crippen MR) is 82.5 cm³/mol. The Morgan fingerprint density at radius 1 is 1.42 bits per heavy atom. The summed E-state index contributed by atoms with van der Waals surface area (Å²) in [5, 5.41) is 3.61. The summed E-state index contributed by atoms with van der Waals surface area (Å²) in [6, 6.07) is 0.513. The molecule has 0 aromatic carbocycles. The number of piperidine rings is 1. The van der Waals surface area contributed by atoms with E-state index in [1.165, 1.54) is 19.3 Å². The maximum absolute atomic E-state index is 4.44. The van der Waals surface area contributed by atoms with E-state index >= 15 is 0 Å². The summed E-state index contributed by atoms with van der Waals surface area (Å²) in [7, 11) is 0. The lowest BCUT2D eigenvalue weighted by molar-refractivity contribution is 0.365. The number of anilines is 1. The Bertz CT molecular complexity index is 416. The minimum absolute atomic E-state index is 0.159. The fourth-order valence-electron chi connectivity index (χ4n) is 2.43. The van der Waals surface area contributed by atoms with Gasteiger partial charge in [-0.2, -0.15) is 0 Å². The second-order valence-electron chi connectivity index (χ2n) is 6.17. The van der Waals surface area contributed by atoms with Crippen molar-refractivity contribution in [3.8, 4) is 0 Å². The maximum atomic E-state index is 4.44. The van der Waals surface area contributed by atoms with Crippen LogP contribution < -0.4 is 10.2 Å². The molecule has 5 heteroatoms. The molecule has 1 saturated heterocycles. The van der Waals surface area contributed by atoms with E-state index < -0.39 is 0 Å². The fraction of sp³-hybridized carbons (Fsp3) is 0.714. The highest BCUT2D eigenvalue weighted by molar-refractivity contribution is 9.10. The van der Waals surface area contributed by atoms with Gasteiger partial charge in [-0.25, -0.2) is 9.97 Å². The molecular formula is C14H23BrN4. The topological polar surface area (TPSA) is 41.0 Å². The van der Waals surface area contributed by atoms with Gasteiger partial charge in [-0.1, -0.05) is 0 Å². The maximum Gasteiger partial charge on any atom is 0.146 e. The summed E-state index contributed by atoms with van der Waals surface area (Å²) in [4.78, 5) is 10.9. The Kier molecular flexibility index (Phi) is 4.79. The highest BCUT2D eigenvalue weighted by Crippen LogP contribution is 2.28. The smallest absolute Gasteiger partial charge is 0.146 e. The molecule has 1 aliphatic heterocycles. The third-order valence-corrected chi connectivity index (χ3v) is 3.97. The second kappa shape index (κ2) is 6.18. The van der Waals surface area contributed by atoms with E-state index in [0.29, 0.717) is 6.04 Å². The van der Waals surface area contributed by atoms with Crippen molar-refractivity contribution in [2.24, 2.45) is 0 Å². The normalized spacial score (nSPS) is 20.6. The molecule has 1 unspecified atom stereocenters. The largest absolute Gasteiger partial charge is 0.351 e. The molecule has 0 spiro atoms. The first kappa shape index (κ1) is 14.7. The van der Waals surface area contributed by atoms with Crippen LogP contribution in [0.2, 0.25) is 0 Å². The minimum atomic E-state index is 0.159. The molecule has 1 aliphatic rings. The number of nitrogens with one attached hydrogen (secondary N) is 1. The Hall–Kier alpha value is -0.680. The summed E-state index contributed by atoms with van der Waals surface area (Å²) in [6.07, 6.45) is 7.21. The third-order valence-electron chi connectivity index (χ3n) is 3.42. The molecular weight excluding hydrogens is 304 g/mol. The van der Waals surface area contributed by atoms with Gasteiger partial charge in [0.2, 0.25) is 0 Å². The molecule has 0 amide bonds. The molecule has 1 atom stereocenters.